The van der Waals surface area contributed by atoms with Gasteiger partial charge in [0.05, 0.1) is 0 Å². The molecule has 124 valence electrons. The summed E-state index contributed by atoms with van der Waals surface area (Å²) >= 11 is 0. The van der Waals surface area contributed by atoms with Crippen LogP contribution in [0.25, 0.3) is 0 Å². The van der Waals surface area contributed by atoms with E-state index in [-0.39, 0.29) is 17.8 Å². The van der Waals surface area contributed by atoms with Gasteiger partial charge in [0.15, 0.2) is 0 Å². The van der Waals surface area contributed by atoms with E-state index in [1.165, 1.54) is 0 Å². The zero-order valence-electron chi connectivity index (χ0n) is 13.9. The van der Waals surface area contributed by atoms with E-state index in [2.05, 4.69) is 0 Å². The highest BCUT2D eigenvalue weighted by atomic mass is 16.6. The van der Waals surface area contributed by atoms with Crippen molar-refractivity contribution in [1.82, 2.24) is 4.90 Å². The Hall–Kier alpha value is -2.62. The third-order valence-electron chi connectivity index (χ3n) is 4.54. The first kappa shape index (κ1) is 16.2. The normalized spacial score (nSPS) is 21.4. The number of hydrogen-bond acceptors (Lipinski definition) is 3. The fourth-order valence-corrected chi connectivity index (χ4v) is 3.03. The molecule has 0 saturated carbocycles. The van der Waals surface area contributed by atoms with Gasteiger partial charge in [-0.05, 0) is 18.1 Å². The molecule has 2 aromatic rings. The Morgan fingerprint density at radius 3 is 2.25 bits per heavy atom. The van der Waals surface area contributed by atoms with E-state index in [9.17, 15) is 9.59 Å². The lowest BCUT2D eigenvalue weighted by Gasteiger charge is -2.29. The Morgan fingerprint density at radius 2 is 1.67 bits per heavy atom. The molecule has 0 unspecified atom stereocenters. The van der Waals surface area contributed by atoms with E-state index < -0.39 is 12.3 Å². The summed E-state index contributed by atoms with van der Waals surface area (Å²) in [6.45, 7) is 3.99. The smallest absolute Gasteiger partial charge is 0.331 e. The molecule has 3 atom stereocenters. The predicted molar refractivity (Wildman–Crippen MR) is 91.1 cm³/mol. The maximum absolute atomic E-state index is 13.1. The first-order chi connectivity index (χ1) is 11.6. The molecule has 0 spiro atoms. The van der Waals surface area contributed by atoms with Crippen LogP contribution in [0.4, 0.5) is 0 Å². The Morgan fingerprint density at radius 1 is 1.08 bits per heavy atom. The first-order valence-corrected chi connectivity index (χ1v) is 8.26. The van der Waals surface area contributed by atoms with Gasteiger partial charge < -0.3 is 4.74 Å². The predicted octanol–water partition coefficient (Wildman–Crippen LogP) is 3.80. The summed E-state index contributed by atoms with van der Waals surface area (Å²) in [7, 11) is 0. The summed E-state index contributed by atoms with van der Waals surface area (Å²) in [6, 6.07) is 17.9. The van der Waals surface area contributed by atoms with Crippen molar-refractivity contribution in [2.45, 2.75) is 32.5 Å². The molecule has 1 fully saturated rings. The fourth-order valence-electron chi connectivity index (χ4n) is 3.03. The number of ether oxygens (including phenoxy) is 1. The Balaban J connectivity index is 2.03. The third-order valence-corrected chi connectivity index (χ3v) is 4.54. The molecule has 1 heterocycles. The fraction of sp³-hybridized carbons (Fsp3) is 0.300. The molecule has 24 heavy (non-hydrogen) atoms. The molecule has 0 N–H and O–H groups in total. The topological polar surface area (TPSA) is 46.6 Å². The zero-order chi connectivity index (χ0) is 17.1. The van der Waals surface area contributed by atoms with Gasteiger partial charge in [-0.25, -0.2) is 4.79 Å². The molecule has 4 heteroatoms. The van der Waals surface area contributed by atoms with Gasteiger partial charge in [-0.15, -0.1) is 0 Å². The number of carbonyl (C=O) groups is 2. The second kappa shape index (κ2) is 6.87. The van der Waals surface area contributed by atoms with Gasteiger partial charge in [-0.1, -0.05) is 68.8 Å². The molecular weight excluding hydrogens is 302 g/mol. The summed E-state index contributed by atoms with van der Waals surface area (Å²) in [5.74, 6) is -0.484. The second-order valence-electron chi connectivity index (χ2n) is 6.11. The van der Waals surface area contributed by atoms with Crippen molar-refractivity contribution in [3.63, 3.8) is 0 Å². The highest BCUT2D eigenvalue weighted by Gasteiger charge is 2.47. The average molecular weight is 323 g/mol. The van der Waals surface area contributed by atoms with Crippen LogP contribution in [0.15, 0.2) is 60.7 Å². The lowest BCUT2D eigenvalue weighted by atomic mass is 9.97. The third kappa shape index (κ3) is 2.92. The number of cyclic esters (lactones) is 1. The van der Waals surface area contributed by atoms with Gasteiger partial charge in [-0.2, -0.15) is 0 Å². The van der Waals surface area contributed by atoms with Crippen LogP contribution < -0.4 is 0 Å². The minimum Gasteiger partial charge on any atom is -0.435 e. The number of carbonyl (C=O) groups excluding carboxylic acids is 2. The molecule has 1 aliphatic rings. The maximum Gasteiger partial charge on any atom is 0.331 e. The molecular formula is C20H21NO3. The highest BCUT2D eigenvalue weighted by Crippen LogP contribution is 2.36. The Labute approximate surface area is 142 Å². The van der Waals surface area contributed by atoms with Crippen molar-refractivity contribution in [1.29, 1.82) is 0 Å². The van der Waals surface area contributed by atoms with E-state index in [0.717, 1.165) is 12.0 Å². The number of rotatable bonds is 4. The number of amides is 1. The van der Waals surface area contributed by atoms with Crippen LogP contribution in [0.2, 0.25) is 0 Å². The number of nitrogens with zero attached hydrogens (tertiary/aromatic N) is 1. The molecule has 0 radical (unpaired) electrons. The van der Waals surface area contributed by atoms with Crippen LogP contribution in [0.5, 0.6) is 0 Å². The van der Waals surface area contributed by atoms with Gasteiger partial charge in [-0.3, -0.25) is 9.69 Å². The minimum atomic E-state index is -0.676. The summed E-state index contributed by atoms with van der Waals surface area (Å²) in [6.07, 6.45) is 0.116. The van der Waals surface area contributed by atoms with E-state index in [4.69, 9.17) is 4.74 Å². The molecule has 4 nitrogen and oxygen atoms in total. The van der Waals surface area contributed by atoms with Crippen molar-refractivity contribution in [2.24, 2.45) is 5.92 Å². The number of benzene rings is 2. The van der Waals surface area contributed by atoms with Gasteiger partial charge in [0.25, 0.3) is 5.91 Å². The van der Waals surface area contributed by atoms with Crippen LogP contribution in [0.3, 0.4) is 0 Å². The monoisotopic (exact) mass is 323 g/mol. The second-order valence-corrected chi connectivity index (χ2v) is 6.11. The van der Waals surface area contributed by atoms with Crippen molar-refractivity contribution >= 4 is 11.9 Å². The van der Waals surface area contributed by atoms with Crippen LogP contribution in [0.1, 0.15) is 42.4 Å². The van der Waals surface area contributed by atoms with E-state index in [0.29, 0.717) is 5.56 Å². The van der Waals surface area contributed by atoms with Gasteiger partial charge in [0.2, 0.25) is 6.23 Å². The van der Waals surface area contributed by atoms with Crippen molar-refractivity contribution in [3.8, 4) is 0 Å². The molecule has 1 aliphatic heterocycles. The first-order valence-electron chi connectivity index (χ1n) is 8.26. The lowest BCUT2D eigenvalue weighted by Crippen LogP contribution is -2.43. The lowest BCUT2D eigenvalue weighted by molar-refractivity contribution is -0.143. The molecule has 1 amide bonds. The summed E-state index contributed by atoms with van der Waals surface area (Å²) in [5.41, 5.74) is 1.37. The SMILES string of the molecule is CC[C@@H](C)[C@@H]1C(=O)O[C@H](c2ccccc2)N1C(=O)c1ccccc1. The number of esters is 1. The van der Waals surface area contributed by atoms with Crippen molar-refractivity contribution in [3.05, 3.63) is 71.8 Å². The van der Waals surface area contributed by atoms with Gasteiger partial charge in [0, 0.05) is 11.1 Å². The summed E-state index contributed by atoms with van der Waals surface area (Å²) in [4.78, 5) is 27.2. The van der Waals surface area contributed by atoms with Crippen LogP contribution in [0, 0.1) is 5.92 Å². The van der Waals surface area contributed by atoms with E-state index in [1.54, 1.807) is 17.0 Å². The van der Waals surface area contributed by atoms with Crippen molar-refractivity contribution < 1.29 is 14.3 Å². The number of hydrogen-bond donors (Lipinski definition) is 0. The largest absolute Gasteiger partial charge is 0.435 e. The summed E-state index contributed by atoms with van der Waals surface area (Å²) in [5, 5.41) is 0. The van der Waals surface area contributed by atoms with Gasteiger partial charge in [0.1, 0.15) is 6.04 Å². The quantitative estimate of drug-likeness (QED) is 0.804. The maximum atomic E-state index is 13.1. The molecule has 0 aromatic heterocycles. The average Bonchev–Trinajstić information content (AvgIpc) is 2.99. The Kier molecular flexibility index (Phi) is 4.65. The van der Waals surface area contributed by atoms with Crippen LogP contribution in [-0.4, -0.2) is 22.8 Å². The Bertz CT molecular complexity index is 714. The molecule has 3 rings (SSSR count). The zero-order valence-corrected chi connectivity index (χ0v) is 13.9. The van der Waals surface area contributed by atoms with Crippen LogP contribution in [-0.2, 0) is 9.53 Å². The van der Waals surface area contributed by atoms with E-state index in [1.807, 2.05) is 62.4 Å². The highest BCUT2D eigenvalue weighted by molar-refractivity contribution is 5.98. The molecule has 0 bridgehead atoms. The molecule has 0 aliphatic carbocycles. The minimum absolute atomic E-state index is 0.0267. The van der Waals surface area contributed by atoms with Crippen molar-refractivity contribution in [2.75, 3.05) is 0 Å². The van der Waals surface area contributed by atoms with Gasteiger partial charge >= 0.3 is 5.97 Å². The van der Waals surface area contributed by atoms with E-state index >= 15 is 0 Å². The standard InChI is InChI=1S/C20H21NO3/c1-3-14(2)17-20(23)24-19(16-12-8-5-9-13-16)21(17)18(22)15-10-6-4-7-11-15/h4-14,17,19H,3H2,1-2H3/t14-,17-,19-/m1/s1. The van der Waals surface area contributed by atoms with Crippen LogP contribution >= 0.6 is 0 Å². The molecule has 2 aromatic carbocycles. The summed E-state index contributed by atoms with van der Waals surface area (Å²) < 4.78 is 5.60. The molecule has 1 saturated heterocycles.